The maximum absolute atomic E-state index is 11.9. The summed E-state index contributed by atoms with van der Waals surface area (Å²) in [4.78, 5) is 11.9. The van der Waals surface area contributed by atoms with Crippen LogP contribution in [0.15, 0.2) is 36.4 Å². The zero-order valence-corrected chi connectivity index (χ0v) is 10.5. The molecule has 0 spiro atoms. The van der Waals surface area contributed by atoms with Crippen LogP contribution in [0, 0.1) is 6.92 Å². The lowest BCUT2D eigenvalue weighted by Crippen LogP contribution is -1.98. The average Bonchev–Trinajstić information content (AvgIpc) is 2.35. The van der Waals surface area contributed by atoms with Gasteiger partial charge in [0.1, 0.15) is 0 Å². The molecular formula is C16H18O. The van der Waals surface area contributed by atoms with E-state index < -0.39 is 0 Å². The molecule has 0 fully saturated rings. The van der Waals surface area contributed by atoms with E-state index in [9.17, 15) is 4.79 Å². The number of carbonyl (C=O) groups is 1. The van der Waals surface area contributed by atoms with E-state index in [2.05, 4.69) is 32.0 Å². The van der Waals surface area contributed by atoms with Crippen LogP contribution in [0.25, 0.3) is 10.8 Å². The highest BCUT2D eigenvalue weighted by molar-refractivity contribution is 6.00. The number of hydrogen-bond acceptors (Lipinski definition) is 1. The molecule has 2 aromatic carbocycles. The lowest BCUT2D eigenvalue weighted by Gasteiger charge is -2.03. The van der Waals surface area contributed by atoms with Crippen molar-refractivity contribution in [2.24, 2.45) is 0 Å². The van der Waals surface area contributed by atoms with Crippen molar-refractivity contribution in [1.29, 1.82) is 0 Å². The highest BCUT2D eigenvalue weighted by atomic mass is 16.1. The van der Waals surface area contributed by atoms with Gasteiger partial charge < -0.3 is 0 Å². The van der Waals surface area contributed by atoms with Crippen molar-refractivity contribution < 1.29 is 4.79 Å². The fourth-order valence-electron chi connectivity index (χ4n) is 2.02. The molecule has 0 atom stereocenters. The second-order valence-electron chi connectivity index (χ2n) is 4.59. The van der Waals surface area contributed by atoms with E-state index in [0.717, 1.165) is 23.8 Å². The molecule has 0 aliphatic heterocycles. The Morgan fingerprint density at radius 2 is 1.76 bits per heavy atom. The maximum Gasteiger partial charge on any atom is 0.162 e. The van der Waals surface area contributed by atoms with Crippen LogP contribution < -0.4 is 0 Å². The number of ketones is 1. The first-order valence-electron chi connectivity index (χ1n) is 6.24. The van der Waals surface area contributed by atoms with Crippen molar-refractivity contribution in [3.8, 4) is 0 Å². The Kier molecular flexibility index (Phi) is 3.58. The molecule has 0 N–H and O–H groups in total. The maximum atomic E-state index is 11.9. The molecule has 88 valence electrons. The summed E-state index contributed by atoms with van der Waals surface area (Å²) in [7, 11) is 0. The minimum atomic E-state index is 0.259. The predicted octanol–water partition coefficient (Wildman–Crippen LogP) is 4.52. The third kappa shape index (κ3) is 2.73. The fraction of sp³-hybridized carbons (Fsp3) is 0.312. The number of rotatable bonds is 4. The minimum absolute atomic E-state index is 0.259. The topological polar surface area (TPSA) is 17.1 Å². The van der Waals surface area contributed by atoms with E-state index in [-0.39, 0.29) is 5.78 Å². The van der Waals surface area contributed by atoms with E-state index in [1.54, 1.807) is 0 Å². The molecule has 0 aliphatic rings. The zero-order chi connectivity index (χ0) is 12.3. The Morgan fingerprint density at radius 1 is 1.06 bits per heavy atom. The van der Waals surface area contributed by atoms with Gasteiger partial charge in [0, 0.05) is 12.0 Å². The molecule has 0 saturated heterocycles. The largest absolute Gasteiger partial charge is 0.294 e. The van der Waals surface area contributed by atoms with Crippen LogP contribution in [0.2, 0.25) is 0 Å². The summed E-state index contributed by atoms with van der Waals surface area (Å²) in [6.45, 7) is 4.19. The smallest absolute Gasteiger partial charge is 0.162 e. The fourth-order valence-corrected chi connectivity index (χ4v) is 2.02. The number of Topliss-reactive ketones (excluding diaryl/α,β-unsaturated/α-hetero) is 1. The zero-order valence-electron chi connectivity index (χ0n) is 10.5. The summed E-state index contributed by atoms with van der Waals surface area (Å²) in [6, 6.07) is 12.3. The van der Waals surface area contributed by atoms with Gasteiger partial charge in [0.2, 0.25) is 0 Å². The molecule has 0 aromatic heterocycles. The molecule has 0 amide bonds. The number of hydrogen-bond donors (Lipinski definition) is 0. The molecule has 0 aliphatic carbocycles. The van der Waals surface area contributed by atoms with Crippen LogP contribution in [0.3, 0.4) is 0 Å². The van der Waals surface area contributed by atoms with Gasteiger partial charge in [0.15, 0.2) is 5.78 Å². The highest BCUT2D eigenvalue weighted by Gasteiger charge is 2.05. The Morgan fingerprint density at radius 3 is 2.53 bits per heavy atom. The first-order chi connectivity index (χ1) is 8.20. The van der Waals surface area contributed by atoms with E-state index in [0.29, 0.717) is 6.42 Å². The van der Waals surface area contributed by atoms with Crippen LogP contribution >= 0.6 is 0 Å². The van der Waals surface area contributed by atoms with Crippen molar-refractivity contribution >= 4 is 16.6 Å². The summed E-state index contributed by atoms with van der Waals surface area (Å²) in [6.07, 6.45) is 2.71. The molecule has 0 heterocycles. The Hall–Kier alpha value is -1.63. The number of fused-ring (bicyclic) bond motifs is 1. The minimum Gasteiger partial charge on any atom is -0.294 e. The van der Waals surface area contributed by atoms with Gasteiger partial charge in [-0.3, -0.25) is 4.79 Å². The number of benzene rings is 2. The first-order valence-corrected chi connectivity index (χ1v) is 6.24. The molecule has 0 radical (unpaired) electrons. The van der Waals surface area contributed by atoms with Gasteiger partial charge >= 0.3 is 0 Å². The van der Waals surface area contributed by atoms with Crippen LogP contribution in [0.5, 0.6) is 0 Å². The summed E-state index contributed by atoms with van der Waals surface area (Å²) < 4.78 is 0. The first kappa shape index (κ1) is 11.8. The molecule has 2 rings (SSSR count). The predicted molar refractivity (Wildman–Crippen MR) is 72.5 cm³/mol. The van der Waals surface area contributed by atoms with Crippen molar-refractivity contribution in [1.82, 2.24) is 0 Å². The number of aryl methyl sites for hydroxylation is 1. The summed E-state index contributed by atoms with van der Waals surface area (Å²) in [5.41, 5.74) is 2.09. The van der Waals surface area contributed by atoms with Gasteiger partial charge in [0.25, 0.3) is 0 Å². The monoisotopic (exact) mass is 226 g/mol. The van der Waals surface area contributed by atoms with Gasteiger partial charge in [-0.25, -0.2) is 0 Å². The normalized spacial score (nSPS) is 10.7. The van der Waals surface area contributed by atoms with Gasteiger partial charge in [-0.05, 0) is 30.2 Å². The molecular weight excluding hydrogens is 208 g/mol. The second kappa shape index (κ2) is 5.13. The summed E-state index contributed by atoms with van der Waals surface area (Å²) in [5.74, 6) is 0.259. The number of carbonyl (C=O) groups excluding carboxylic acids is 1. The quantitative estimate of drug-likeness (QED) is 0.700. The van der Waals surface area contributed by atoms with Gasteiger partial charge in [0.05, 0.1) is 0 Å². The van der Waals surface area contributed by atoms with Crippen LogP contribution in [-0.4, -0.2) is 5.78 Å². The standard InChI is InChI=1S/C16H18O/c1-3-4-5-16(17)15-9-8-13-10-12(2)6-7-14(13)11-15/h6-11H,3-5H2,1-2H3. The van der Waals surface area contributed by atoms with E-state index in [1.807, 2.05) is 18.2 Å². The third-order valence-electron chi connectivity index (χ3n) is 3.08. The summed E-state index contributed by atoms with van der Waals surface area (Å²) in [5, 5.41) is 2.36. The molecule has 17 heavy (non-hydrogen) atoms. The van der Waals surface area contributed by atoms with E-state index >= 15 is 0 Å². The molecule has 2 aromatic rings. The van der Waals surface area contributed by atoms with Gasteiger partial charge in [-0.1, -0.05) is 49.2 Å². The lowest BCUT2D eigenvalue weighted by atomic mass is 10.0. The molecule has 0 saturated carbocycles. The van der Waals surface area contributed by atoms with Crippen molar-refractivity contribution in [2.45, 2.75) is 33.1 Å². The molecule has 1 heteroatoms. The second-order valence-corrected chi connectivity index (χ2v) is 4.59. The van der Waals surface area contributed by atoms with Crippen LogP contribution in [0.1, 0.15) is 42.1 Å². The van der Waals surface area contributed by atoms with Gasteiger partial charge in [-0.2, -0.15) is 0 Å². The van der Waals surface area contributed by atoms with Crippen molar-refractivity contribution in [3.63, 3.8) is 0 Å². The van der Waals surface area contributed by atoms with E-state index in [1.165, 1.54) is 10.9 Å². The van der Waals surface area contributed by atoms with Crippen LogP contribution in [0.4, 0.5) is 0 Å². The Labute approximate surface area is 102 Å². The van der Waals surface area contributed by atoms with E-state index in [4.69, 9.17) is 0 Å². The highest BCUT2D eigenvalue weighted by Crippen LogP contribution is 2.19. The number of unbranched alkanes of at least 4 members (excludes halogenated alkanes) is 1. The molecule has 0 bridgehead atoms. The third-order valence-corrected chi connectivity index (χ3v) is 3.08. The van der Waals surface area contributed by atoms with Crippen molar-refractivity contribution in [2.75, 3.05) is 0 Å². The Bertz CT molecular complexity index is 540. The SMILES string of the molecule is CCCCC(=O)c1ccc2cc(C)ccc2c1. The average molecular weight is 226 g/mol. The molecule has 1 nitrogen and oxygen atoms in total. The molecule has 0 unspecified atom stereocenters. The van der Waals surface area contributed by atoms with Crippen LogP contribution in [-0.2, 0) is 0 Å². The van der Waals surface area contributed by atoms with Gasteiger partial charge in [-0.15, -0.1) is 0 Å². The van der Waals surface area contributed by atoms with Crippen molar-refractivity contribution in [3.05, 3.63) is 47.5 Å². The lowest BCUT2D eigenvalue weighted by molar-refractivity contribution is 0.0980. The summed E-state index contributed by atoms with van der Waals surface area (Å²) >= 11 is 0. The Balaban J connectivity index is 2.31.